The van der Waals surface area contributed by atoms with Gasteiger partial charge in [0, 0.05) is 0 Å². The zero-order valence-corrected chi connectivity index (χ0v) is 14.3. The van der Waals surface area contributed by atoms with Crippen molar-refractivity contribution in [1.29, 1.82) is 0 Å². The molecule has 0 saturated carbocycles. The normalized spacial score (nSPS) is 11.9. The summed E-state index contributed by atoms with van der Waals surface area (Å²) >= 11 is 0. The van der Waals surface area contributed by atoms with Crippen LogP contribution >= 0.6 is 0 Å². The molecule has 0 bridgehead atoms. The Morgan fingerprint density at radius 2 is 1.57 bits per heavy atom. The molecule has 1 rings (SSSR count). The van der Waals surface area contributed by atoms with Crippen LogP contribution in [0.2, 0.25) is 0 Å². The Morgan fingerprint density at radius 1 is 1.10 bits per heavy atom. The van der Waals surface area contributed by atoms with E-state index in [4.69, 9.17) is 9.47 Å². The van der Waals surface area contributed by atoms with E-state index in [2.05, 4.69) is 45.9 Å². The van der Waals surface area contributed by atoms with Gasteiger partial charge in [-0.25, -0.2) is 0 Å². The number of esters is 1. The van der Waals surface area contributed by atoms with Crippen LogP contribution in [0.25, 0.3) is 0 Å². The molecule has 0 fully saturated rings. The molecule has 0 saturated heterocycles. The molecule has 3 nitrogen and oxygen atoms in total. The van der Waals surface area contributed by atoms with Crippen molar-refractivity contribution < 1.29 is 14.3 Å². The smallest absolute Gasteiger partial charge is 0.314 e. The number of para-hydroxylation sites is 1. The lowest BCUT2D eigenvalue weighted by Crippen LogP contribution is -2.32. The minimum atomic E-state index is -0.660. The Kier molecular flexibility index (Phi) is 5.82. The number of carbonyl (C=O) groups excluding carboxylic acids is 1. The highest BCUT2D eigenvalue weighted by molar-refractivity contribution is 5.75. The maximum absolute atomic E-state index is 11.8. The summed E-state index contributed by atoms with van der Waals surface area (Å²) in [5.74, 6) is 1.41. The summed E-state index contributed by atoms with van der Waals surface area (Å²) in [5, 5.41) is 0. The van der Waals surface area contributed by atoms with Gasteiger partial charge in [0.15, 0.2) is 0 Å². The summed E-state index contributed by atoms with van der Waals surface area (Å²) in [6.07, 6.45) is 0. The second-order valence-corrected chi connectivity index (χ2v) is 6.74. The maximum Gasteiger partial charge on any atom is 0.314 e. The maximum atomic E-state index is 11.8. The summed E-state index contributed by atoms with van der Waals surface area (Å²) in [6, 6.07) is 6.26. The first kappa shape index (κ1) is 17.5. The highest BCUT2D eigenvalue weighted by Crippen LogP contribution is 2.35. The summed E-state index contributed by atoms with van der Waals surface area (Å²) in [4.78, 5) is 11.8. The van der Waals surface area contributed by atoms with Gasteiger partial charge in [-0.15, -0.1) is 0 Å². The van der Waals surface area contributed by atoms with Gasteiger partial charge in [-0.1, -0.05) is 45.9 Å². The van der Waals surface area contributed by atoms with Crippen molar-refractivity contribution in [2.45, 2.75) is 53.4 Å². The van der Waals surface area contributed by atoms with Crippen molar-refractivity contribution in [1.82, 2.24) is 0 Å². The standard InChI is InChI=1S/C18H28O3/c1-12(2)14-9-8-10-15(13(3)4)16(14)21-11-18(5,6)17(19)20-7/h8-10,12-13H,11H2,1-7H3. The summed E-state index contributed by atoms with van der Waals surface area (Å²) in [7, 11) is 1.41. The molecular weight excluding hydrogens is 264 g/mol. The Balaban J connectivity index is 3.09. The molecule has 3 heteroatoms. The molecule has 1 aromatic carbocycles. The quantitative estimate of drug-likeness (QED) is 0.724. The fourth-order valence-electron chi connectivity index (χ4n) is 2.24. The first-order chi connectivity index (χ1) is 9.70. The largest absolute Gasteiger partial charge is 0.492 e. The summed E-state index contributed by atoms with van der Waals surface area (Å²) in [5.41, 5.74) is 1.70. The molecule has 0 aromatic heterocycles. The Morgan fingerprint density at radius 3 is 1.95 bits per heavy atom. The Hall–Kier alpha value is -1.51. The topological polar surface area (TPSA) is 35.5 Å². The van der Waals surface area contributed by atoms with Gasteiger partial charge in [-0.3, -0.25) is 4.79 Å². The van der Waals surface area contributed by atoms with Crippen LogP contribution < -0.4 is 4.74 Å². The average molecular weight is 292 g/mol. The van der Waals surface area contributed by atoms with Gasteiger partial charge >= 0.3 is 5.97 Å². The lowest BCUT2D eigenvalue weighted by Gasteiger charge is -2.25. The van der Waals surface area contributed by atoms with E-state index in [9.17, 15) is 4.79 Å². The first-order valence-corrected chi connectivity index (χ1v) is 7.54. The number of carbonyl (C=O) groups is 1. The predicted octanol–water partition coefficient (Wildman–Crippen LogP) is 4.51. The fraction of sp³-hybridized carbons (Fsp3) is 0.611. The van der Waals surface area contributed by atoms with Gasteiger partial charge in [-0.05, 0) is 36.8 Å². The van der Waals surface area contributed by atoms with Crippen LogP contribution in [0.1, 0.15) is 64.5 Å². The van der Waals surface area contributed by atoms with Crippen molar-refractivity contribution >= 4 is 5.97 Å². The Labute approximate surface area is 128 Å². The highest BCUT2D eigenvalue weighted by Gasteiger charge is 2.30. The van der Waals surface area contributed by atoms with E-state index in [1.54, 1.807) is 0 Å². The molecule has 0 atom stereocenters. The number of rotatable bonds is 6. The van der Waals surface area contributed by atoms with Crippen molar-refractivity contribution in [3.8, 4) is 5.75 Å². The second-order valence-electron chi connectivity index (χ2n) is 6.74. The van der Waals surface area contributed by atoms with Crippen LogP contribution in [0.15, 0.2) is 18.2 Å². The van der Waals surface area contributed by atoms with E-state index in [1.165, 1.54) is 18.2 Å². The number of hydrogen-bond donors (Lipinski definition) is 0. The molecule has 0 spiro atoms. The molecule has 0 aliphatic heterocycles. The van der Waals surface area contributed by atoms with E-state index < -0.39 is 5.41 Å². The summed E-state index contributed by atoms with van der Waals surface area (Å²) < 4.78 is 10.9. The molecule has 21 heavy (non-hydrogen) atoms. The molecule has 118 valence electrons. The third-order valence-electron chi connectivity index (χ3n) is 3.64. The number of ether oxygens (including phenoxy) is 2. The van der Waals surface area contributed by atoms with Gasteiger partial charge in [-0.2, -0.15) is 0 Å². The van der Waals surface area contributed by atoms with Crippen LogP contribution in [0, 0.1) is 5.41 Å². The second kappa shape index (κ2) is 6.97. The SMILES string of the molecule is COC(=O)C(C)(C)COc1c(C(C)C)cccc1C(C)C. The lowest BCUT2D eigenvalue weighted by atomic mass is 9.92. The molecule has 1 aromatic rings. The van der Waals surface area contributed by atoms with Crippen molar-refractivity contribution in [2.24, 2.45) is 5.41 Å². The first-order valence-electron chi connectivity index (χ1n) is 7.54. The fourth-order valence-corrected chi connectivity index (χ4v) is 2.24. The highest BCUT2D eigenvalue weighted by atomic mass is 16.5. The third-order valence-corrected chi connectivity index (χ3v) is 3.64. The zero-order valence-electron chi connectivity index (χ0n) is 14.3. The van der Waals surface area contributed by atoms with Crippen molar-refractivity contribution in [2.75, 3.05) is 13.7 Å². The van der Waals surface area contributed by atoms with E-state index in [0.717, 1.165) is 5.75 Å². The van der Waals surface area contributed by atoms with Gasteiger partial charge in [0.05, 0.1) is 12.5 Å². The van der Waals surface area contributed by atoms with Crippen LogP contribution in [0.4, 0.5) is 0 Å². The van der Waals surface area contributed by atoms with Gasteiger partial charge in [0.1, 0.15) is 12.4 Å². The van der Waals surface area contributed by atoms with E-state index in [-0.39, 0.29) is 5.97 Å². The molecule has 0 unspecified atom stereocenters. The zero-order chi connectivity index (χ0) is 16.2. The molecular formula is C18H28O3. The van der Waals surface area contributed by atoms with E-state index >= 15 is 0 Å². The van der Waals surface area contributed by atoms with Crippen molar-refractivity contribution in [3.63, 3.8) is 0 Å². The molecule has 0 N–H and O–H groups in total. The average Bonchev–Trinajstić information content (AvgIpc) is 2.43. The monoisotopic (exact) mass is 292 g/mol. The minimum absolute atomic E-state index is 0.254. The molecule has 0 aliphatic rings. The Bertz CT molecular complexity index is 461. The number of benzene rings is 1. The predicted molar refractivity (Wildman–Crippen MR) is 85.9 cm³/mol. The number of hydrogen-bond acceptors (Lipinski definition) is 3. The van der Waals surface area contributed by atoms with Crippen molar-refractivity contribution in [3.05, 3.63) is 29.3 Å². The van der Waals surface area contributed by atoms with Crippen LogP contribution in [0.5, 0.6) is 5.75 Å². The molecule has 0 heterocycles. The van der Waals surface area contributed by atoms with Crippen LogP contribution in [0.3, 0.4) is 0 Å². The van der Waals surface area contributed by atoms with Gasteiger partial charge < -0.3 is 9.47 Å². The minimum Gasteiger partial charge on any atom is -0.492 e. The van der Waals surface area contributed by atoms with Crippen LogP contribution in [-0.4, -0.2) is 19.7 Å². The molecule has 0 amide bonds. The summed E-state index contributed by atoms with van der Waals surface area (Å²) in [6.45, 7) is 12.6. The lowest BCUT2D eigenvalue weighted by molar-refractivity contribution is -0.152. The van der Waals surface area contributed by atoms with Gasteiger partial charge in [0.25, 0.3) is 0 Å². The van der Waals surface area contributed by atoms with E-state index in [0.29, 0.717) is 18.4 Å². The number of methoxy groups -OCH3 is 1. The third kappa shape index (κ3) is 4.23. The molecule has 0 radical (unpaired) electrons. The van der Waals surface area contributed by atoms with Gasteiger partial charge in [0.2, 0.25) is 0 Å². The van der Waals surface area contributed by atoms with Crippen LogP contribution in [-0.2, 0) is 9.53 Å². The molecule has 0 aliphatic carbocycles. The van der Waals surface area contributed by atoms with E-state index in [1.807, 2.05) is 13.8 Å².